The number of halogens is 3. The normalized spacial score (nSPS) is 14.2. The summed E-state index contributed by atoms with van der Waals surface area (Å²) in [7, 11) is 3.05. The molecule has 1 saturated heterocycles. The van der Waals surface area contributed by atoms with Gasteiger partial charge >= 0.3 is 6.03 Å². The van der Waals surface area contributed by atoms with Crippen molar-refractivity contribution >= 4 is 40.3 Å². The maximum Gasteiger partial charge on any atom is 0.328 e. The third-order valence-electron chi connectivity index (χ3n) is 7.07. The number of likely N-dealkylation sites (N-methyl/N-ethyl adjacent to an activating group) is 1. The van der Waals surface area contributed by atoms with Crippen molar-refractivity contribution in [2.24, 2.45) is 0 Å². The standard InChI is InChI=1S/C29H27ClF2N6O4/c1-16-8-24(38-12-19(32)11-33-38)20-6-5-7-25(28(20)34-16)42-15-22-21(9-18(31)10-23(22)30)17(2)36-14-27(40)37(29(36)41)13-26(39)35(3)4/h5-12,17H,13-15H2,1-4H3/t17-/m0/s1. The summed E-state index contributed by atoms with van der Waals surface area (Å²) in [6, 6.07) is 8.01. The fourth-order valence-corrected chi connectivity index (χ4v) is 5.10. The molecule has 42 heavy (non-hydrogen) atoms. The fraction of sp³-hybridized carbons (Fsp3) is 0.276. The van der Waals surface area contributed by atoms with Gasteiger partial charge in [0.25, 0.3) is 5.91 Å². The second-order valence-corrected chi connectivity index (χ2v) is 10.5. The van der Waals surface area contributed by atoms with Crippen molar-refractivity contribution in [2.45, 2.75) is 26.5 Å². The fourth-order valence-electron chi connectivity index (χ4n) is 4.83. The molecule has 1 aliphatic rings. The number of ether oxygens (including phenoxy) is 1. The van der Waals surface area contributed by atoms with Gasteiger partial charge in [-0.3, -0.25) is 14.5 Å². The zero-order chi connectivity index (χ0) is 30.3. The predicted octanol–water partition coefficient (Wildman–Crippen LogP) is 4.65. The second kappa shape index (κ2) is 11.4. The molecule has 0 unspecified atom stereocenters. The molecule has 0 bridgehead atoms. The lowest BCUT2D eigenvalue weighted by molar-refractivity contribution is -0.134. The number of carbonyl (C=O) groups is 3. The largest absolute Gasteiger partial charge is 0.487 e. The first kappa shape index (κ1) is 28.9. The van der Waals surface area contributed by atoms with E-state index in [0.717, 1.165) is 17.2 Å². The van der Waals surface area contributed by atoms with Crippen molar-refractivity contribution in [3.63, 3.8) is 0 Å². The molecule has 0 saturated carbocycles. The number of benzene rings is 2. The highest BCUT2D eigenvalue weighted by atomic mass is 35.5. The van der Waals surface area contributed by atoms with Crippen molar-refractivity contribution < 1.29 is 27.9 Å². The number of imide groups is 1. The third kappa shape index (κ3) is 5.49. The summed E-state index contributed by atoms with van der Waals surface area (Å²) in [5.41, 5.74) is 2.51. The number of nitrogens with zero attached hydrogens (tertiary/aromatic N) is 6. The Morgan fingerprint density at radius 3 is 2.62 bits per heavy atom. The number of hydrogen-bond donors (Lipinski definition) is 0. The van der Waals surface area contributed by atoms with E-state index in [1.165, 1.54) is 40.8 Å². The van der Waals surface area contributed by atoms with Crippen LogP contribution in [0.25, 0.3) is 16.6 Å². The van der Waals surface area contributed by atoms with E-state index in [9.17, 15) is 23.2 Å². The number of rotatable bonds is 8. The van der Waals surface area contributed by atoms with Gasteiger partial charge in [0.05, 0.1) is 29.1 Å². The Bertz CT molecular complexity index is 1730. The molecular weight excluding hydrogens is 570 g/mol. The monoisotopic (exact) mass is 596 g/mol. The summed E-state index contributed by atoms with van der Waals surface area (Å²) in [6.07, 6.45) is 2.37. The van der Waals surface area contributed by atoms with Crippen LogP contribution in [0, 0.1) is 18.6 Å². The summed E-state index contributed by atoms with van der Waals surface area (Å²) >= 11 is 6.49. The van der Waals surface area contributed by atoms with Crippen LogP contribution >= 0.6 is 11.6 Å². The number of para-hydroxylation sites is 1. The molecule has 4 aromatic rings. The lowest BCUT2D eigenvalue weighted by Gasteiger charge is -2.27. The first-order chi connectivity index (χ1) is 19.9. The van der Waals surface area contributed by atoms with Crippen molar-refractivity contribution in [3.8, 4) is 11.4 Å². The number of urea groups is 1. The zero-order valence-electron chi connectivity index (χ0n) is 23.3. The number of aromatic nitrogens is 3. The Morgan fingerprint density at radius 1 is 1.17 bits per heavy atom. The van der Waals surface area contributed by atoms with Crippen molar-refractivity contribution in [1.29, 1.82) is 0 Å². The van der Waals surface area contributed by atoms with Crippen molar-refractivity contribution in [1.82, 2.24) is 29.5 Å². The van der Waals surface area contributed by atoms with Crippen LogP contribution in [-0.2, 0) is 16.2 Å². The smallest absolute Gasteiger partial charge is 0.328 e. The number of aryl methyl sites for hydroxylation is 1. The highest BCUT2D eigenvalue weighted by Crippen LogP contribution is 2.35. The molecule has 1 atom stereocenters. The molecular formula is C29H27ClF2N6O4. The van der Waals surface area contributed by atoms with E-state index in [0.29, 0.717) is 39.2 Å². The average molecular weight is 597 g/mol. The summed E-state index contributed by atoms with van der Waals surface area (Å²) in [5, 5.41) is 4.81. The van der Waals surface area contributed by atoms with E-state index in [-0.39, 0.29) is 18.2 Å². The molecule has 3 heterocycles. The second-order valence-electron chi connectivity index (χ2n) is 10.1. The van der Waals surface area contributed by atoms with E-state index >= 15 is 0 Å². The SMILES string of the molecule is Cc1cc(-n2cc(F)cn2)c2cccc(OCc3c(Cl)cc(F)cc3[C@H](C)N3CC(=O)N(CC(=O)N(C)C)C3=O)c2n1. The first-order valence-corrected chi connectivity index (χ1v) is 13.3. The Labute approximate surface area is 245 Å². The van der Waals surface area contributed by atoms with Crippen LogP contribution < -0.4 is 4.74 Å². The molecule has 10 nitrogen and oxygen atoms in total. The lowest BCUT2D eigenvalue weighted by Crippen LogP contribution is -2.41. The van der Waals surface area contributed by atoms with Gasteiger partial charge in [0.1, 0.15) is 36.8 Å². The van der Waals surface area contributed by atoms with Crippen LogP contribution in [0.5, 0.6) is 5.75 Å². The molecule has 218 valence electrons. The molecule has 13 heteroatoms. The summed E-state index contributed by atoms with van der Waals surface area (Å²) in [6.45, 7) is 2.65. The van der Waals surface area contributed by atoms with Crippen LogP contribution in [0.3, 0.4) is 0 Å². The van der Waals surface area contributed by atoms with Crippen molar-refractivity contribution in [3.05, 3.63) is 82.3 Å². The molecule has 1 fully saturated rings. The van der Waals surface area contributed by atoms with E-state index in [1.807, 2.05) is 6.07 Å². The van der Waals surface area contributed by atoms with E-state index in [1.54, 1.807) is 32.0 Å². The van der Waals surface area contributed by atoms with Crippen molar-refractivity contribution in [2.75, 3.05) is 27.2 Å². The number of pyridine rings is 1. The lowest BCUT2D eigenvalue weighted by atomic mass is 10.0. The summed E-state index contributed by atoms with van der Waals surface area (Å²) in [4.78, 5) is 46.0. The Hall–Kier alpha value is -4.58. The zero-order valence-corrected chi connectivity index (χ0v) is 24.0. The quantitative estimate of drug-likeness (QED) is 0.275. The van der Waals surface area contributed by atoms with Gasteiger partial charge in [-0.25, -0.2) is 23.2 Å². The number of hydrogen-bond acceptors (Lipinski definition) is 6. The van der Waals surface area contributed by atoms with Crippen LogP contribution in [0.4, 0.5) is 13.6 Å². The number of amides is 4. The Morgan fingerprint density at radius 2 is 1.93 bits per heavy atom. The molecule has 0 spiro atoms. The average Bonchev–Trinajstić information content (AvgIpc) is 3.49. The maximum atomic E-state index is 14.6. The maximum absolute atomic E-state index is 14.6. The highest BCUT2D eigenvalue weighted by Gasteiger charge is 2.40. The van der Waals surface area contributed by atoms with Gasteiger partial charge in [-0.1, -0.05) is 23.7 Å². The van der Waals surface area contributed by atoms with Gasteiger partial charge in [-0.15, -0.1) is 0 Å². The Balaban J connectivity index is 1.46. The first-order valence-electron chi connectivity index (χ1n) is 13.0. The predicted molar refractivity (Wildman–Crippen MR) is 150 cm³/mol. The van der Waals surface area contributed by atoms with E-state index < -0.39 is 42.1 Å². The van der Waals surface area contributed by atoms with Gasteiger partial charge in [-0.2, -0.15) is 5.10 Å². The molecule has 0 N–H and O–H groups in total. The number of fused-ring (bicyclic) bond motifs is 1. The molecule has 0 aliphatic carbocycles. The number of carbonyl (C=O) groups excluding carboxylic acids is 3. The van der Waals surface area contributed by atoms with Crippen LogP contribution in [0.15, 0.2) is 48.8 Å². The third-order valence-corrected chi connectivity index (χ3v) is 7.40. The van der Waals surface area contributed by atoms with Crippen LogP contribution in [-0.4, -0.2) is 74.5 Å². The molecule has 2 aromatic heterocycles. The van der Waals surface area contributed by atoms with Gasteiger partial charge in [0.15, 0.2) is 5.82 Å². The Kier molecular flexibility index (Phi) is 7.83. The van der Waals surface area contributed by atoms with Crippen LogP contribution in [0.2, 0.25) is 5.02 Å². The molecule has 1 aliphatic heterocycles. The summed E-state index contributed by atoms with van der Waals surface area (Å²) < 4.78 is 35.9. The topological polar surface area (TPSA) is 101 Å². The van der Waals surface area contributed by atoms with Gasteiger partial charge < -0.3 is 14.5 Å². The minimum atomic E-state index is -0.776. The van der Waals surface area contributed by atoms with Crippen LogP contribution in [0.1, 0.15) is 29.8 Å². The van der Waals surface area contributed by atoms with E-state index in [2.05, 4.69) is 10.1 Å². The summed E-state index contributed by atoms with van der Waals surface area (Å²) in [5.74, 6) is -1.66. The van der Waals surface area contributed by atoms with Gasteiger partial charge in [0, 0.05) is 30.7 Å². The molecule has 2 aromatic carbocycles. The van der Waals surface area contributed by atoms with E-state index in [4.69, 9.17) is 16.3 Å². The molecule has 4 amide bonds. The minimum absolute atomic E-state index is 0.0755. The highest BCUT2D eigenvalue weighted by molar-refractivity contribution is 6.31. The molecule has 0 radical (unpaired) electrons. The van der Waals surface area contributed by atoms with Gasteiger partial charge in [0.2, 0.25) is 5.91 Å². The molecule has 5 rings (SSSR count). The minimum Gasteiger partial charge on any atom is -0.487 e. The van der Waals surface area contributed by atoms with Gasteiger partial charge in [-0.05, 0) is 43.7 Å².